The molecule has 1 aromatic carbocycles. The highest BCUT2D eigenvalue weighted by molar-refractivity contribution is 6.21. The number of imide groups is 1. The van der Waals surface area contributed by atoms with Crippen LogP contribution < -0.4 is 15.0 Å². The number of pyridine rings is 1. The Bertz CT molecular complexity index is 932. The lowest BCUT2D eigenvalue weighted by molar-refractivity contribution is -0.118. The summed E-state index contributed by atoms with van der Waals surface area (Å²) in [6, 6.07) is 9.72. The second kappa shape index (κ2) is 8.09. The number of amides is 3. The van der Waals surface area contributed by atoms with Crippen LogP contribution in [-0.2, 0) is 11.2 Å². The number of rotatable bonds is 6. The molecule has 144 valence electrons. The van der Waals surface area contributed by atoms with Crippen molar-refractivity contribution in [2.75, 3.05) is 4.90 Å². The number of aromatic nitrogens is 1. The maximum atomic E-state index is 12.3. The zero-order chi connectivity index (χ0) is 20.3. The van der Waals surface area contributed by atoms with Crippen LogP contribution in [-0.4, -0.2) is 23.0 Å². The number of anilines is 1. The summed E-state index contributed by atoms with van der Waals surface area (Å²) >= 11 is 0. The first-order valence-corrected chi connectivity index (χ1v) is 9.24. The average molecular weight is 378 g/mol. The predicted molar refractivity (Wildman–Crippen MR) is 104 cm³/mol. The minimum Gasteiger partial charge on any atom is -0.439 e. The summed E-state index contributed by atoms with van der Waals surface area (Å²) in [5, 5.41) is 11.8. The lowest BCUT2D eigenvalue weighted by atomic mass is 10.0. The van der Waals surface area contributed by atoms with E-state index in [1.54, 1.807) is 24.3 Å². The van der Waals surface area contributed by atoms with Crippen LogP contribution in [0.4, 0.5) is 10.5 Å². The number of ether oxygens (including phenoxy) is 1. The lowest BCUT2D eigenvalue weighted by Crippen LogP contribution is -2.31. The highest BCUT2D eigenvalue weighted by Gasteiger charge is 2.37. The van der Waals surface area contributed by atoms with Gasteiger partial charge in [-0.05, 0) is 48.6 Å². The summed E-state index contributed by atoms with van der Waals surface area (Å²) in [4.78, 5) is 29.7. The Hall–Kier alpha value is -3.40. The summed E-state index contributed by atoms with van der Waals surface area (Å²) in [5.41, 5.74) is 1.91. The summed E-state index contributed by atoms with van der Waals surface area (Å²) < 4.78 is 5.90. The number of hydrogen-bond acceptors (Lipinski definition) is 5. The van der Waals surface area contributed by atoms with Crippen molar-refractivity contribution in [3.8, 4) is 17.7 Å². The Kier molecular flexibility index (Phi) is 5.59. The number of benzene rings is 1. The van der Waals surface area contributed by atoms with E-state index in [9.17, 15) is 9.59 Å². The molecule has 2 aromatic rings. The molecule has 0 bridgehead atoms. The maximum Gasteiger partial charge on any atom is 0.329 e. The van der Waals surface area contributed by atoms with E-state index in [0.29, 0.717) is 35.2 Å². The van der Waals surface area contributed by atoms with Crippen LogP contribution in [0.25, 0.3) is 0 Å². The number of carbonyl (C=O) groups excluding carboxylic acids is 2. The van der Waals surface area contributed by atoms with Gasteiger partial charge in [-0.2, -0.15) is 5.26 Å². The smallest absolute Gasteiger partial charge is 0.329 e. The minimum absolute atomic E-state index is 0.283. The molecule has 0 spiro atoms. The van der Waals surface area contributed by atoms with Gasteiger partial charge in [-0.25, -0.2) is 14.7 Å². The van der Waals surface area contributed by atoms with E-state index in [1.807, 2.05) is 13.0 Å². The van der Waals surface area contributed by atoms with Crippen LogP contribution in [0.1, 0.15) is 38.3 Å². The van der Waals surface area contributed by atoms with Crippen LogP contribution in [0.5, 0.6) is 11.6 Å². The molecular formula is C21H22N4O3. The lowest BCUT2D eigenvalue weighted by Gasteiger charge is -2.15. The highest BCUT2D eigenvalue weighted by atomic mass is 16.5. The van der Waals surface area contributed by atoms with Crippen molar-refractivity contribution in [2.24, 2.45) is 5.92 Å². The Labute approximate surface area is 163 Å². The topological polar surface area (TPSA) is 95.3 Å². The fraction of sp³-hybridized carbons (Fsp3) is 0.333. The zero-order valence-electron chi connectivity index (χ0n) is 16.1. The van der Waals surface area contributed by atoms with Gasteiger partial charge in [0.25, 0.3) is 5.91 Å². The minimum atomic E-state index is -0.499. The van der Waals surface area contributed by atoms with Crippen LogP contribution >= 0.6 is 0 Å². The molecule has 0 saturated carbocycles. The van der Waals surface area contributed by atoms with Crippen molar-refractivity contribution >= 4 is 17.6 Å². The molecule has 1 aliphatic rings. The van der Waals surface area contributed by atoms with Gasteiger partial charge in [-0.15, -0.1) is 0 Å². The summed E-state index contributed by atoms with van der Waals surface area (Å²) in [6.07, 6.45) is 2.74. The van der Waals surface area contributed by atoms with Gasteiger partial charge in [0, 0.05) is 6.07 Å². The molecule has 1 saturated heterocycles. The van der Waals surface area contributed by atoms with E-state index in [2.05, 4.69) is 30.2 Å². The first-order valence-electron chi connectivity index (χ1n) is 9.24. The van der Waals surface area contributed by atoms with Crippen molar-refractivity contribution in [3.63, 3.8) is 0 Å². The number of nitriles is 1. The van der Waals surface area contributed by atoms with Gasteiger partial charge < -0.3 is 10.1 Å². The molecule has 28 heavy (non-hydrogen) atoms. The third-order valence-electron chi connectivity index (χ3n) is 4.44. The van der Waals surface area contributed by atoms with Gasteiger partial charge in [0.15, 0.2) is 0 Å². The molecule has 1 aliphatic heterocycles. The standard InChI is InChI=1S/C21H22N4O3/c1-4-17-20(26)25(21(27)24-17)16-6-8-19(23-12-16)28-18-7-5-14(11-22)10-15(18)9-13(2)3/h5-8,10,12-13,17H,4,9H2,1-3H3,(H,24,27)/t17-/m1/s1. The molecule has 0 aliphatic carbocycles. The number of carbonyl (C=O) groups is 2. The van der Waals surface area contributed by atoms with Crippen LogP contribution in [0, 0.1) is 17.2 Å². The molecule has 3 amide bonds. The number of nitrogens with one attached hydrogen (secondary N) is 1. The van der Waals surface area contributed by atoms with Crippen molar-refractivity contribution in [1.82, 2.24) is 10.3 Å². The van der Waals surface area contributed by atoms with E-state index < -0.39 is 12.1 Å². The van der Waals surface area contributed by atoms with E-state index in [0.717, 1.165) is 16.9 Å². The van der Waals surface area contributed by atoms with E-state index in [1.165, 1.54) is 6.20 Å². The average Bonchev–Trinajstić information content (AvgIpc) is 2.97. The Morgan fingerprint density at radius 1 is 1.29 bits per heavy atom. The van der Waals surface area contributed by atoms with Crippen LogP contribution in [0.15, 0.2) is 36.5 Å². The second-order valence-corrected chi connectivity index (χ2v) is 7.07. The Morgan fingerprint density at radius 3 is 2.64 bits per heavy atom. The third-order valence-corrected chi connectivity index (χ3v) is 4.44. The summed E-state index contributed by atoms with van der Waals surface area (Å²) in [5.74, 6) is 1.10. The second-order valence-electron chi connectivity index (χ2n) is 7.07. The number of hydrogen-bond donors (Lipinski definition) is 1. The fourth-order valence-electron chi connectivity index (χ4n) is 3.08. The summed E-state index contributed by atoms with van der Waals surface area (Å²) in [6.45, 7) is 6.03. The Balaban J connectivity index is 1.81. The zero-order valence-corrected chi connectivity index (χ0v) is 16.1. The molecule has 3 rings (SSSR count). The van der Waals surface area contributed by atoms with Gasteiger partial charge in [-0.1, -0.05) is 20.8 Å². The summed E-state index contributed by atoms with van der Waals surface area (Å²) in [7, 11) is 0. The van der Waals surface area contributed by atoms with Crippen LogP contribution in [0.3, 0.4) is 0 Å². The van der Waals surface area contributed by atoms with E-state index >= 15 is 0 Å². The molecule has 0 radical (unpaired) electrons. The van der Waals surface area contributed by atoms with Gasteiger partial charge in [0.2, 0.25) is 5.88 Å². The van der Waals surface area contributed by atoms with Gasteiger partial charge >= 0.3 is 6.03 Å². The largest absolute Gasteiger partial charge is 0.439 e. The monoisotopic (exact) mass is 378 g/mol. The van der Waals surface area contributed by atoms with Crippen molar-refractivity contribution in [2.45, 2.75) is 39.7 Å². The maximum absolute atomic E-state index is 12.3. The molecule has 0 unspecified atom stereocenters. The van der Waals surface area contributed by atoms with E-state index in [-0.39, 0.29) is 5.91 Å². The molecule has 1 atom stereocenters. The molecule has 7 nitrogen and oxygen atoms in total. The molecular weight excluding hydrogens is 356 g/mol. The van der Waals surface area contributed by atoms with Crippen molar-refractivity contribution < 1.29 is 14.3 Å². The van der Waals surface area contributed by atoms with Gasteiger partial charge in [0.1, 0.15) is 11.8 Å². The van der Waals surface area contributed by atoms with Gasteiger partial charge in [0.05, 0.1) is 23.5 Å². The number of urea groups is 1. The highest BCUT2D eigenvalue weighted by Crippen LogP contribution is 2.29. The first-order chi connectivity index (χ1) is 13.4. The quantitative estimate of drug-likeness (QED) is 0.772. The third kappa shape index (κ3) is 3.96. The molecule has 1 fully saturated rings. The van der Waals surface area contributed by atoms with Crippen LogP contribution in [0.2, 0.25) is 0 Å². The molecule has 1 aromatic heterocycles. The van der Waals surface area contributed by atoms with E-state index in [4.69, 9.17) is 10.00 Å². The van der Waals surface area contributed by atoms with Crippen molar-refractivity contribution in [1.29, 1.82) is 5.26 Å². The molecule has 1 N–H and O–H groups in total. The fourth-order valence-corrected chi connectivity index (χ4v) is 3.08. The van der Waals surface area contributed by atoms with Crippen molar-refractivity contribution in [3.05, 3.63) is 47.7 Å². The normalized spacial score (nSPS) is 16.2. The number of nitrogens with zero attached hydrogens (tertiary/aromatic N) is 3. The Morgan fingerprint density at radius 2 is 2.07 bits per heavy atom. The molecule has 7 heteroatoms. The van der Waals surface area contributed by atoms with Gasteiger partial charge in [-0.3, -0.25) is 4.79 Å². The first kappa shape index (κ1) is 19.4. The SMILES string of the molecule is CC[C@H]1NC(=O)N(c2ccc(Oc3ccc(C#N)cc3CC(C)C)nc2)C1=O. The molecule has 2 heterocycles. The predicted octanol–water partition coefficient (Wildman–Crippen LogP) is 3.78.